The van der Waals surface area contributed by atoms with Gasteiger partial charge in [-0.05, 0) is 67.9 Å². The van der Waals surface area contributed by atoms with Crippen molar-refractivity contribution in [2.45, 2.75) is 19.8 Å². The Morgan fingerprint density at radius 1 is 1.03 bits per heavy atom. The van der Waals surface area contributed by atoms with E-state index >= 15 is 0 Å². The highest BCUT2D eigenvalue weighted by Gasteiger charge is 2.35. The first-order valence-electron chi connectivity index (χ1n) is 10.5. The summed E-state index contributed by atoms with van der Waals surface area (Å²) in [4.78, 5) is 29.8. The Labute approximate surface area is 206 Å². The minimum atomic E-state index is -0.555. The zero-order valence-corrected chi connectivity index (χ0v) is 21.0. The van der Waals surface area contributed by atoms with E-state index in [0.29, 0.717) is 22.7 Å². The number of methoxy groups -OCH3 is 2. The van der Waals surface area contributed by atoms with Crippen molar-refractivity contribution in [3.63, 3.8) is 0 Å². The summed E-state index contributed by atoms with van der Waals surface area (Å²) in [6.45, 7) is 3.76. The highest BCUT2D eigenvalue weighted by atomic mass is 79.9. The van der Waals surface area contributed by atoms with Crippen molar-refractivity contribution in [2.24, 2.45) is 0 Å². The zero-order valence-electron chi connectivity index (χ0n) is 18.6. The van der Waals surface area contributed by atoms with Gasteiger partial charge in [-0.15, -0.1) is 0 Å². The van der Waals surface area contributed by atoms with Crippen molar-refractivity contribution in [3.05, 3.63) is 51.5 Å². The molecule has 0 unspecified atom stereocenters. The van der Waals surface area contributed by atoms with E-state index in [-0.39, 0.29) is 10.7 Å². The van der Waals surface area contributed by atoms with E-state index in [9.17, 15) is 9.59 Å². The molecule has 33 heavy (non-hydrogen) atoms. The number of anilines is 2. The summed E-state index contributed by atoms with van der Waals surface area (Å²) >= 11 is 8.75. The Kier molecular flexibility index (Phi) is 6.71. The molecule has 0 spiro atoms. The van der Waals surface area contributed by atoms with Crippen LogP contribution in [0, 0.1) is 6.92 Å². The number of aryl methyl sites for hydroxylation is 1. The Bertz CT molecular complexity index is 1170. The number of thiocarbonyl (C=S) groups is 1. The summed E-state index contributed by atoms with van der Waals surface area (Å²) < 4.78 is 12.1. The molecule has 0 saturated carbocycles. The second-order valence-electron chi connectivity index (χ2n) is 7.85. The van der Waals surface area contributed by atoms with E-state index in [2.05, 4.69) is 26.1 Å². The fourth-order valence-electron chi connectivity index (χ4n) is 4.12. The van der Waals surface area contributed by atoms with Gasteiger partial charge in [0.1, 0.15) is 17.1 Å². The summed E-state index contributed by atoms with van der Waals surface area (Å²) in [5.41, 5.74) is 2.90. The van der Waals surface area contributed by atoms with Crippen LogP contribution in [0.15, 0.2) is 40.4 Å². The molecule has 0 atom stereocenters. The molecule has 1 N–H and O–H groups in total. The lowest BCUT2D eigenvalue weighted by atomic mass is 10.0. The maximum absolute atomic E-state index is 13.4. The Balaban J connectivity index is 1.77. The average molecular weight is 530 g/mol. The zero-order chi connectivity index (χ0) is 23.7. The molecule has 2 amide bonds. The number of nitrogens with zero attached hydrogens (tertiary/aromatic N) is 2. The van der Waals surface area contributed by atoms with E-state index < -0.39 is 11.8 Å². The van der Waals surface area contributed by atoms with Crippen molar-refractivity contribution < 1.29 is 19.1 Å². The first kappa shape index (κ1) is 23.3. The average Bonchev–Trinajstić information content (AvgIpc) is 3.32. The van der Waals surface area contributed by atoms with Gasteiger partial charge in [0.05, 0.1) is 25.6 Å². The number of ether oxygens (including phenoxy) is 2. The Morgan fingerprint density at radius 3 is 2.36 bits per heavy atom. The van der Waals surface area contributed by atoms with Crippen molar-refractivity contribution in [2.75, 3.05) is 37.1 Å². The molecule has 2 heterocycles. The van der Waals surface area contributed by atoms with Gasteiger partial charge in [0.15, 0.2) is 5.11 Å². The molecule has 2 aliphatic heterocycles. The number of amides is 2. The van der Waals surface area contributed by atoms with Crippen LogP contribution in [0.2, 0.25) is 0 Å². The standard InChI is InChI=1S/C24H24BrN3O4S/c1-14-10-16(25)6-7-18(14)28-23(30)17(22(29)26-24(28)33)11-15-12-21(32-3)19(13-20(15)31-2)27-8-4-5-9-27/h6-7,10-13H,4-5,8-9H2,1-3H3,(H,26,29,33)/b17-11+. The SMILES string of the molecule is COc1cc(N2CCCC2)c(OC)cc1/C=C1\C(=O)NC(=S)N(c2ccc(Br)cc2C)C1=O. The summed E-state index contributed by atoms with van der Waals surface area (Å²) in [6.07, 6.45) is 3.77. The fourth-order valence-corrected chi connectivity index (χ4v) is 4.87. The lowest BCUT2D eigenvalue weighted by Gasteiger charge is -2.30. The highest BCUT2D eigenvalue weighted by Crippen LogP contribution is 2.38. The molecule has 4 rings (SSSR count). The predicted octanol–water partition coefficient (Wildman–Crippen LogP) is 4.21. The number of halogens is 1. The van der Waals surface area contributed by atoms with Gasteiger partial charge in [0, 0.05) is 29.2 Å². The quantitative estimate of drug-likeness (QED) is 0.355. The van der Waals surface area contributed by atoms with Gasteiger partial charge in [-0.3, -0.25) is 19.8 Å². The Hall–Kier alpha value is -2.91. The van der Waals surface area contributed by atoms with Crippen molar-refractivity contribution in [3.8, 4) is 11.5 Å². The summed E-state index contributed by atoms with van der Waals surface area (Å²) in [5, 5.41) is 2.67. The maximum Gasteiger partial charge on any atom is 0.270 e. The van der Waals surface area contributed by atoms with Crippen LogP contribution in [-0.4, -0.2) is 44.2 Å². The molecule has 0 bridgehead atoms. The van der Waals surface area contributed by atoms with Crippen molar-refractivity contribution in [1.82, 2.24) is 5.32 Å². The molecule has 0 radical (unpaired) electrons. The molecule has 2 saturated heterocycles. The van der Waals surface area contributed by atoms with Crippen LogP contribution < -0.4 is 24.6 Å². The molecule has 0 aliphatic carbocycles. The van der Waals surface area contributed by atoms with E-state index in [1.165, 1.54) is 11.0 Å². The molecule has 7 nitrogen and oxygen atoms in total. The number of rotatable bonds is 5. The van der Waals surface area contributed by atoms with Gasteiger partial charge < -0.3 is 14.4 Å². The number of hydrogen-bond donors (Lipinski definition) is 1. The number of benzene rings is 2. The molecular formula is C24H24BrN3O4S. The van der Waals surface area contributed by atoms with Crippen LogP contribution in [0.1, 0.15) is 24.0 Å². The van der Waals surface area contributed by atoms with Crippen molar-refractivity contribution in [1.29, 1.82) is 0 Å². The van der Waals surface area contributed by atoms with Crippen LogP contribution in [-0.2, 0) is 9.59 Å². The molecule has 172 valence electrons. The molecular weight excluding hydrogens is 506 g/mol. The number of hydrogen-bond acceptors (Lipinski definition) is 6. The van der Waals surface area contributed by atoms with E-state index in [1.54, 1.807) is 26.4 Å². The molecule has 2 aromatic carbocycles. The van der Waals surface area contributed by atoms with Gasteiger partial charge in [0.25, 0.3) is 11.8 Å². The van der Waals surface area contributed by atoms with E-state index in [0.717, 1.165) is 41.7 Å². The van der Waals surface area contributed by atoms with E-state index in [4.69, 9.17) is 21.7 Å². The minimum absolute atomic E-state index is 0.0415. The third-order valence-corrected chi connectivity index (χ3v) is 6.56. The molecule has 0 aromatic heterocycles. The first-order chi connectivity index (χ1) is 15.8. The normalized spacial score (nSPS) is 17.6. The lowest BCUT2D eigenvalue weighted by Crippen LogP contribution is -2.54. The topological polar surface area (TPSA) is 71.1 Å². The smallest absolute Gasteiger partial charge is 0.270 e. The second kappa shape index (κ2) is 9.52. The summed E-state index contributed by atoms with van der Waals surface area (Å²) in [7, 11) is 3.17. The first-order valence-corrected chi connectivity index (χ1v) is 11.7. The monoisotopic (exact) mass is 529 g/mol. The third kappa shape index (κ3) is 4.47. The Morgan fingerprint density at radius 2 is 1.73 bits per heavy atom. The van der Waals surface area contributed by atoms with Crippen LogP contribution in [0.4, 0.5) is 11.4 Å². The van der Waals surface area contributed by atoms with Crippen molar-refractivity contribution >= 4 is 62.5 Å². The lowest BCUT2D eigenvalue weighted by molar-refractivity contribution is -0.122. The maximum atomic E-state index is 13.4. The van der Waals surface area contributed by atoms with E-state index in [1.807, 2.05) is 25.1 Å². The summed E-state index contributed by atoms with van der Waals surface area (Å²) in [5.74, 6) is 0.147. The third-order valence-electron chi connectivity index (χ3n) is 5.78. The van der Waals surface area contributed by atoms with Gasteiger partial charge >= 0.3 is 0 Å². The second-order valence-corrected chi connectivity index (χ2v) is 9.15. The number of carbonyl (C=O) groups is 2. The predicted molar refractivity (Wildman–Crippen MR) is 136 cm³/mol. The molecule has 2 aromatic rings. The van der Waals surface area contributed by atoms with Crippen LogP contribution in [0.5, 0.6) is 11.5 Å². The van der Waals surface area contributed by atoms with Gasteiger partial charge in [-0.2, -0.15) is 0 Å². The number of nitrogens with one attached hydrogen (secondary N) is 1. The highest BCUT2D eigenvalue weighted by molar-refractivity contribution is 9.10. The van der Waals surface area contributed by atoms with Gasteiger partial charge in [0.2, 0.25) is 0 Å². The minimum Gasteiger partial charge on any atom is -0.496 e. The fraction of sp³-hybridized carbons (Fsp3) is 0.292. The van der Waals surface area contributed by atoms with Crippen LogP contribution >= 0.6 is 28.1 Å². The molecule has 9 heteroatoms. The van der Waals surface area contributed by atoms with Crippen LogP contribution in [0.3, 0.4) is 0 Å². The number of carbonyl (C=O) groups excluding carboxylic acids is 2. The largest absolute Gasteiger partial charge is 0.496 e. The summed E-state index contributed by atoms with van der Waals surface area (Å²) in [6, 6.07) is 9.18. The molecule has 2 fully saturated rings. The van der Waals surface area contributed by atoms with Gasteiger partial charge in [-0.1, -0.05) is 15.9 Å². The van der Waals surface area contributed by atoms with Gasteiger partial charge in [-0.25, -0.2) is 0 Å². The van der Waals surface area contributed by atoms with Crippen LogP contribution in [0.25, 0.3) is 6.08 Å². The molecule has 2 aliphatic rings.